The van der Waals surface area contributed by atoms with Crippen LogP contribution >= 0.6 is 34.5 Å². The van der Waals surface area contributed by atoms with Crippen LogP contribution in [0, 0.1) is 6.92 Å². The van der Waals surface area contributed by atoms with E-state index in [0.717, 1.165) is 16.0 Å². The topological polar surface area (TPSA) is 42.0 Å². The quantitative estimate of drug-likeness (QED) is 0.651. The Kier molecular flexibility index (Phi) is 4.66. The summed E-state index contributed by atoms with van der Waals surface area (Å²) >= 11 is 13.5. The second-order valence-electron chi connectivity index (χ2n) is 4.90. The van der Waals surface area contributed by atoms with Crippen molar-refractivity contribution in [1.82, 2.24) is 4.98 Å². The highest BCUT2D eigenvalue weighted by Crippen LogP contribution is 2.32. The molecule has 6 heteroatoms. The molecule has 1 aromatic heterocycles. The molecule has 0 aliphatic carbocycles. The highest BCUT2D eigenvalue weighted by atomic mass is 35.5. The molecule has 1 N–H and O–H groups in total. The number of hydrogen-bond donors (Lipinski definition) is 1. The van der Waals surface area contributed by atoms with Crippen molar-refractivity contribution < 1.29 is 4.79 Å². The number of nitrogens with one attached hydrogen (secondary N) is 1. The second-order valence-corrected chi connectivity index (χ2v) is 6.74. The molecular weight excluding hydrogens is 351 g/mol. The summed E-state index contributed by atoms with van der Waals surface area (Å²) in [6.07, 6.45) is 1.75. The Morgan fingerprint density at radius 3 is 2.48 bits per heavy atom. The Morgan fingerprint density at radius 1 is 1.09 bits per heavy atom. The van der Waals surface area contributed by atoms with Gasteiger partial charge in [-0.25, -0.2) is 4.98 Å². The number of nitrogens with zero attached hydrogens (tertiary/aromatic N) is 1. The van der Waals surface area contributed by atoms with Crippen molar-refractivity contribution in [3.05, 3.63) is 69.8 Å². The van der Waals surface area contributed by atoms with E-state index in [-0.39, 0.29) is 11.5 Å². The first-order valence-electron chi connectivity index (χ1n) is 6.83. The lowest BCUT2D eigenvalue weighted by Crippen LogP contribution is -2.12. The summed E-state index contributed by atoms with van der Waals surface area (Å²) in [5.74, 6) is -0.369. The molecule has 2 aromatic carbocycles. The van der Waals surface area contributed by atoms with Gasteiger partial charge in [0.05, 0.1) is 20.5 Å². The highest BCUT2D eigenvalue weighted by Gasteiger charge is 2.16. The highest BCUT2D eigenvalue weighted by molar-refractivity contribution is 7.19. The molecule has 23 heavy (non-hydrogen) atoms. The zero-order valence-electron chi connectivity index (χ0n) is 12.1. The largest absolute Gasteiger partial charge is 0.298 e. The number of rotatable bonds is 3. The van der Waals surface area contributed by atoms with Gasteiger partial charge >= 0.3 is 0 Å². The number of hydrogen-bond acceptors (Lipinski definition) is 3. The minimum Gasteiger partial charge on any atom is -0.298 e. The third-order valence-corrected chi connectivity index (χ3v) is 4.90. The van der Waals surface area contributed by atoms with Crippen LogP contribution in [-0.2, 0) is 0 Å². The third kappa shape index (κ3) is 3.39. The number of halogens is 2. The molecule has 3 aromatic rings. The molecule has 0 radical (unpaired) electrons. The van der Waals surface area contributed by atoms with Crippen LogP contribution in [0.25, 0.3) is 10.4 Å². The van der Waals surface area contributed by atoms with Crippen LogP contribution in [0.5, 0.6) is 0 Å². The predicted octanol–water partition coefficient (Wildman–Crippen LogP) is 5.68. The molecular formula is C17H12Cl2N2OS. The lowest BCUT2D eigenvalue weighted by atomic mass is 10.1. The molecule has 0 unspecified atom stereocenters. The SMILES string of the molecule is Cc1ccccc1-c1cnc(NC(=O)c2c(Cl)cccc2Cl)s1. The van der Waals surface area contributed by atoms with Crippen LogP contribution in [-0.4, -0.2) is 10.9 Å². The van der Waals surface area contributed by atoms with Crippen LogP contribution < -0.4 is 5.32 Å². The van der Waals surface area contributed by atoms with Gasteiger partial charge in [-0.1, -0.05) is 64.9 Å². The van der Waals surface area contributed by atoms with Gasteiger partial charge in [0, 0.05) is 6.20 Å². The molecule has 3 nitrogen and oxygen atoms in total. The Morgan fingerprint density at radius 2 is 1.78 bits per heavy atom. The molecule has 3 rings (SSSR count). The molecule has 1 heterocycles. The normalized spacial score (nSPS) is 10.6. The summed E-state index contributed by atoms with van der Waals surface area (Å²) in [6, 6.07) is 13.0. The van der Waals surface area contributed by atoms with Crippen LogP contribution in [0.3, 0.4) is 0 Å². The fourth-order valence-corrected chi connectivity index (χ4v) is 3.65. The summed E-state index contributed by atoms with van der Waals surface area (Å²) in [5.41, 5.74) is 2.51. The van der Waals surface area contributed by atoms with E-state index < -0.39 is 0 Å². The predicted molar refractivity (Wildman–Crippen MR) is 96.7 cm³/mol. The first-order valence-corrected chi connectivity index (χ1v) is 8.40. The van der Waals surface area contributed by atoms with Crippen LogP contribution in [0.2, 0.25) is 10.0 Å². The zero-order valence-corrected chi connectivity index (χ0v) is 14.5. The van der Waals surface area contributed by atoms with E-state index in [2.05, 4.69) is 10.3 Å². The van der Waals surface area contributed by atoms with E-state index in [1.54, 1.807) is 24.4 Å². The fraction of sp³-hybridized carbons (Fsp3) is 0.0588. The van der Waals surface area contributed by atoms with Gasteiger partial charge in [-0.15, -0.1) is 0 Å². The maximum atomic E-state index is 12.4. The van der Waals surface area contributed by atoms with E-state index in [1.165, 1.54) is 11.3 Å². The lowest BCUT2D eigenvalue weighted by Gasteiger charge is -2.06. The Hall–Kier alpha value is -1.88. The number of aryl methyl sites for hydroxylation is 1. The van der Waals surface area contributed by atoms with Crippen molar-refractivity contribution in [2.45, 2.75) is 6.92 Å². The Balaban J connectivity index is 1.85. The van der Waals surface area contributed by atoms with Gasteiger partial charge in [0.25, 0.3) is 5.91 Å². The summed E-state index contributed by atoms with van der Waals surface area (Å²) in [5, 5.41) is 3.87. The maximum absolute atomic E-state index is 12.4. The second kappa shape index (κ2) is 6.71. The average molecular weight is 363 g/mol. The smallest absolute Gasteiger partial charge is 0.260 e. The minimum absolute atomic E-state index is 0.253. The van der Waals surface area contributed by atoms with Crippen molar-refractivity contribution >= 4 is 45.6 Å². The number of aromatic nitrogens is 1. The van der Waals surface area contributed by atoms with Crippen molar-refractivity contribution in [3.63, 3.8) is 0 Å². The molecule has 0 aliphatic rings. The molecule has 0 bridgehead atoms. The third-order valence-electron chi connectivity index (χ3n) is 3.33. The van der Waals surface area contributed by atoms with E-state index in [1.807, 2.05) is 31.2 Å². The first kappa shape index (κ1) is 16.0. The molecule has 116 valence electrons. The van der Waals surface area contributed by atoms with Gasteiger partial charge < -0.3 is 0 Å². The van der Waals surface area contributed by atoms with Crippen LogP contribution in [0.15, 0.2) is 48.7 Å². The van der Waals surface area contributed by atoms with Gasteiger partial charge in [-0.3, -0.25) is 10.1 Å². The fourth-order valence-electron chi connectivity index (χ4n) is 2.18. The number of anilines is 1. The van der Waals surface area contributed by atoms with E-state index >= 15 is 0 Å². The number of amides is 1. The number of benzene rings is 2. The van der Waals surface area contributed by atoms with Gasteiger partial charge in [-0.2, -0.15) is 0 Å². The summed E-state index contributed by atoms with van der Waals surface area (Å²) in [4.78, 5) is 17.6. The van der Waals surface area contributed by atoms with E-state index in [4.69, 9.17) is 23.2 Å². The molecule has 0 saturated heterocycles. The molecule has 0 spiro atoms. The molecule has 1 amide bonds. The summed E-state index contributed by atoms with van der Waals surface area (Å²) in [7, 11) is 0. The van der Waals surface area contributed by atoms with Crippen molar-refractivity contribution in [2.75, 3.05) is 5.32 Å². The zero-order chi connectivity index (χ0) is 16.4. The van der Waals surface area contributed by atoms with E-state index in [0.29, 0.717) is 15.2 Å². The minimum atomic E-state index is -0.369. The van der Waals surface area contributed by atoms with Crippen molar-refractivity contribution in [1.29, 1.82) is 0 Å². The van der Waals surface area contributed by atoms with Gasteiger partial charge in [0.2, 0.25) is 0 Å². The number of carbonyl (C=O) groups is 1. The van der Waals surface area contributed by atoms with Crippen LogP contribution in [0.4, 0.5) is 5.13 Å². The Labute approximate surface area is 147 Å². The van der Waals surface area contributed by atoms with E-state index in [9.17, 15) is 4.79 Å². The molecule has 0 aliphatic heterocycles. The molecule has 0 saturated carbocycles. The Bertz CT molecular complexity index is 856. The average Bonchev–Trinajstić information content (AvgIpc) is 2.95. The summed E-state index contributed by atoms with van der Waals surface area (Å²) in [6.45, 7) is 2.04. The van der Waals surface area contributed by atoms with Crippen LogP contribution in [0.1, 0.15) is 15.9 Å². The van der Waals surface area contributed by atoms with Gasteiger partial charge in [0.15, 0.2) is 5.13 Å². The molecule has 0 fully saturated rings. The number of thiazole rings is 1. The lowest BCUT2D eigenvalue weighted by molar-refractivity contribution is 0.102. The summed E-state index contributed by atoms with van der Waals surface area (Å²) < 4.78 is 0. The number of carbonyl (C=O) groups excluding carboxylic acids is 1. The molecule has 0 atom stereocenters. The first-order chi connectivity index (χ1) is 11.1. The van der Waals surface area contributed by atoms with Crippen molar-refractivity contribution in [2.24, 2.45) is 0 Å². The van der Waals surface area contributed by atoms with Gasteiger partial charge in [0.1, 0.15) is 0 Å². The van der Waals surface area contributed by atoms with Crippen molar-refractivity contribution in [3.8, 4) is 10.4 Å². The maximum Gasteiger partial charge on any atom is 0.260 e. The standard InChI is InChI=1S/C17H12Cl2N2OS/c1-10-5-2-3-6-11(10)14-9-20-17(23-14)21-16(22)15-12(18)7-4-8-13(15)19/h2-9H,1H3,(H,20,21,22). The monoisotopic (exact) mass is 362 g/mol. The van der Waals surface area contributed by atoms with Gasteiger partial charge in [-0.05, 0) is 30.2 Å².